The second kappa shape index (κ2) is 8.54. The van der Waals surface area contributed by atoms with E-state index in [1.54, 1.807) is 7.11 Å². The first-order valence-electron chi connectivity index (χ1n) is 8.84. The molecule has 3 nitrogen and oxygen atoms in total. The molecule has 1 aliphatic rings. The van der Waals surface area contributed by atoms with Crippen molar-refractivity contribution in [1.82, 2.24) is 0 Å². The molecule has 0 bridgehead atoms. The minimum atomic E-state index is 0.268. The van der Waals surface area contributed by atoms with Gasteiger partial charge in [-0.1, -0.05) is 42.0 Å². The minimum absolute atomic E-state index is 0.268. The van der Waals surface area contributed by atoms with Crippen molar-refractivity contribution >= 4 is 21.7 Å². The van der Waals surface area contributed by atoms with E-state index in [9.17, 15) is 4.79 Å². The van der Waals surface area contributed by atoms with Gasteiger partial charge >= 0.3 is 0 Å². The number of halogens is 1. The van der Waals surface area contributed by atoms with E-state index in [4.69, 9.17) is 9.47 Å². The third-order valence-electron chi connectivity index (χ3n) is 4.76. The number of hydrogen-bond acceptors (Lipinski definition) is 3. The van der Waals surface area contributed by atoms with Gasteiger partial charge in [-0.15, -0.1) is 0 Å². The summed E-state index contributed by atoms with van der Waals surface area (Å²) < 4.78 is 12.4. The van der Waals surface area contributed by atoms with E-state index in [0.29, 0.717) is 30.9 Å². The summed E-state index contributed by atoms with van der Waals surface area (Å²) in [4.78, 5) is 12.3. The average Bonchev–Trinajstić information content (AvgIpc) is 2.65. The summed E-state index contributed by atoms with van der Waals surface area (Å²) in [7, 11) is 1.63. The van der Waals surface area contributed by atoms with Crippen LogP contribution in [0.3, 0.4) is 0 Å². The molecule has 2 aromatic carbocycles. The van der Waals surface area contributed by atoms with E-state index in [-0.39, 0.29) is 5.78 Å². The van der Waals surface area contributed by atoms with Crippen LogP contribution in [-0.2, 0) is 17.8 Å². The van der Waals surface area contributed by atoms with E-state index in [1.165, 1.54) is 5.57 Å². The minimum Gasteiger partial charge on any atom is -0.492 e. The van der Waals surface area contributed by atoms with Gasteiger partial charge in [-0.3, -0.25) is 4.79 Å². The predicted molar refractivity (Wildman–Crippen MR) is 107 cm³/mol. The van der Waals surface area contributed by atoms with Gasteiger partial charge < -0.3 is 9.47 Å². The zero-order valence-corrected chi connectivity index (χ0v) is 16.8. The van der Waals surface area contributed by atoms with Gasteiger partial charge in [0.25, 0.3) is 0 Å². The molecule has 1 aliphatic carbocycles. The average molecular weight is 415 g/mol. The van der Waals surface area contributed by atoms with Crippen molar-refractivity contribution in [3.63, 3.8) is 0 Å². The first kappa shape index (κ1) is 18.7. The Morgan fingerprint density at radius 2 is 1.85 bits per heavy atom. The summed E-state index contributed by atoms with van der Waals surface area (Å²) in [6.07, 6.45) is 3.25. The molecule has 0 amide bonds. The SMILES string of the molecule is COc1c(OCc2ccccc2)ccc(CC2=C(C)CCCC2=O)c1Br. The van der Waals surface area contributed by atoms with Crippen LogP contribution in [0.4, 0.5) is 0 Å². The molecule has 0 atom stereocenters. The standard InChI is InChI=1S/C22H23BrO3/c1-15-7-6-10-19(24)18(15)13-17-11-12-20(22(25-2)21(17)23)26-14-16-8-4-3-5-9-16/h3-5,8-9,11-12H,6-7,10,13-14H2,1-2H3. The number of carbonyl (C=O) groups excluding carboxylic acids is 1. The highest BCUT2D eigenvalue weighted by Crippen LogP contribution is 2.39. The smallest absolute Gasteiger partial charge is 0.175 e. The maximum atomic E-state index is 12.3. The van der Waals surface area contributed by atoms with Gasteiger partial charge in [-0.25, -0.2) is 0 Å². The zero-order valence-electron chi connectivity index (χ0n) is 15.2. The van der Waals surface area contributed by atoms with Crippen molar-refractivity contribution in [2.45, 2.75) is 39.2 Å². The number of methoxy groups -OCH3 is 1. The molecule has 0 radical (unpaired) electrons. The molecular weight excluding hydrogens is 392 g/mol. The predicted octanol–water partition coefficient (Wildman–Crippen LogP) is 5.65. The van der Waals surface area contributed by atoms with Crippen LogP contribution in [0.5, 0.6) is 11.5 Å². The van der Waals surface area contributed by atoms with E-state index in [2.05, 4.69) is 22.9 Å². The van der Waals surface area contributed by atoms with Gasteiger partial charge in [0.15, 0.2) is 17.3 Å². The number of ketones is 1. The monoisotopic (exact) mass is 414 g/mol. The fraction of sp³-hybridized carbons (Fsp3) is 0.318. The van der Waals surface area contributed by atoms with E-state index < -0.39 is 0 Å². The van der Waals surface area contributed by atoms with E-state index in [1.807, 2.05) is 42.5 Å². The summed E-state index contributed by atoms with van der Waals surface area (Å²) >= 11 is 3.65. The largest absolute Gasteiger partial charge is 0.492 e. The van der Waals surface area contributed by atoms with Crippen LogP contribution >= 0.6 is 15.9 Å². The normalized spacial score (nSPS) is 14.5. The zero-order chi connectivity index (χ0) is 18.5. The van der Waals surface area contributed by atoms with Crippen LogP contribution in [0.15, 0.2) is 58.1 Å². The number of allylic oxidation sites excluding steroid dienone is 2. The molecular formula is C22H23BrO3. The molecule has 0 heterocycles. The highest BCUT2D eigenvalue weighted by molar-refractivity contribution is 9.10. The second-order valence-electron chi connectivity index (χ2n) is 6.56. The molecule has 0 spiro atoms. The van der Waals surface area contributed by atoms with Crippen molar-refractivity contribution in [1.29, 1.82) is 0 Å². The lowest BCUT2D eigenvalue weighted by atomic mass is 9.87. The summed E-state index contributed by atoms with van der Waals surface area (Å²) in [6, 6.07) is 14.0. The molecule has 136 valence electrons. The Hall–Kier alpha value is -2.07. The maximum Gasteiger partial charge on any atom is 0.175 e. The molecule has 3 rings (SSSR count). The lowest BCUT2D eigenvalue weighted by Crippen LogP contribution is -2.13. The molecule has 0 aromatic heterocycles. The third kappa shape index (κ3) is 4.18. The van der Waals surface area contributed by atoms with Gasteiger partial charge in [0.05, 0.1) is 11.6 Å². The number of ether oxygens (including phenoxy) is 2. The number of hydrogen-bond donors (Lipinski definition) is 0. The van der Waals surface area contributed by atoms with E-state index in [0.717, 1.165) is 34.0 Å². The van der Waals surface area contributed by atoms with Crippen molar-refractivity contribution in [2.24, 2.45) is 0 Å². The molecule has 0 saturated carbocycles. The molecule has 26 heavy (non-hydrogen) atoms. The van der Waals surface area contributed by atoms with Crippen molar-refractivity contribution in [2.75, 3.05) is 7.11 Å². The van der Waals surface area contributed by atoms with Gasteiger partial charge in [0, 0.05) is 12.8 Å². The maximum absolute atomic E-state index is 12.3. The van der Waals surface area contributed by atoms with Crippen molar-refractivity contribution in [3.05, 3.63) is 69.2 Å². The summed E-state index contributed by atoms with van der Waals surface area (Å²) in [6.45, 7) is 2.54. The number of carbonyl (C=O) groups is 1. The van der Waals surface area contributed by atoms with Crippen molar-refractivity contribution < 1.29 is 14.3 Å². The van der Waals surface area contributed by atoms with Gasteiger partial charge in [-0.2, -0.15) is 0 Å². The van der Waals surface area contributed by atoms with Crippen LogP contribution in [-0.4, -0.2) is 12.9 Å². The molecule has 0 unspecified atom stereocenters. The fourth-order valence-electron chi connectivity index (χ4n) is 3.25. The number of Topliss-reactive ketones (excluding diaryl/α,β-unsaturated/α-hetero) is 1. The molecule has 0 fully saturated rings. The van der Waals surface area contributed by atoms with Crippen LogP contribution in [0.25, 0.3) is 0 Å². The van der Waals surface area contributed by atoms with Crippen LogP contribution < -0.4 is 9.47 Å². The lowest BCUT2D eigenvalue weighted by Gasteiger charge is -2.19. The summed E-state index contributed by atoms with van der Waals surface area (Å²) in [5, 5.41) is 0. The summed E-state index contributed by atoms with van der Waals surface area (Å²) in [5.74, 6) is 1.62. The topological polar surface area (TPSA) is 35.5 Å². The lowest BCUT2D eigenvalue weighted by molar-refractivity contribution is -0.116. The van der Waals surface area contributed by atoms with E-state index >= 15 is 0 Å². The van der Waals surface area contributed by atoms with Crippen LogP contribution in [0.2, 0.25) is 0 Å². The molecule has 0 N–H and O–H groups in total. The quantitative estimate of drug-likeness (QED) is 0.612. The second-order valence-corrected chi connectivity index (χ2v) is 7.35. The molecule has 0 saturated heterocycles. The molecule has 0 aliphatic heterocycles. The number of rotatable bonds is 6. The first-order valence-corrected chi connectivity index (χ1v) is 9.63. The first-order chi connectivity index (χ1) is 12.6. The highest BCUT2D eigenvalue weighted by Gasteiger charge is 2.21. The Bertz CT molecular complexity index is 825. The number of benzene rings is 2. The Morgan fingerprint density at radius 1 is 1.08 bits per heavy atom. The third-order valence-corrected chi connectivity index (χ3v) is 5.63. The highest BCUT2D eigenvalue weighted by atomic mass is 79.9. The van der Waals surface area contributed by atoms with Crippen LogP contribution in [0, 0.1) is 0 Å². The van der Waals surface area contributed by atoms with Gasteiger partial charge in [-0.05, 0) is 58.5 Å². The summed E-state index contributed by atoms with van der Waals surface area (Å²) in [5.41, 5.74) is 4.29. The van der Waals surface area contributed by atoms with Gasteiger partial charge in [0.2, 0.25) is 0 Å². The Kier molecular flexibility index (Phi) is 6.15. The fourth-order valence-corrected chi connectivity index (χ4v) is 3.88. The van der Waals surface area contributed by atoms with Gasteiger partial charge in [0.1, 0.15) is 6.61 Å². The Balaban J connectivity index is 1.82. The Labute approximate surface area is 163 Å². The molecule has 2 aromatic rings. The van der Waals surface area contributed by atoms with Crippen LogP contribution in [0.1, 0.15) is 37.3 Å². The van der Waals surface area contributed by atoms with Crippen molar-refractivity contribution in [3.8, 4) is 11.5 Å². The molecule has 4 heteroatoms. The Morgan fingerprint density at radius 3 is 2.54 bits per heavy atom.